The zero-order valence-electron chi connectivity index (χ0n) is 6.80. The van der Waals surface area contributed by atoms with Gasteiger partial charge < -0.3 is 11.5 Å². The second-order valence-corrected chi connectivity index (χ2v) is 2.67. The fourth-order valence-electron chi connectivity index (χ4n) is 1.12. The summed E-state index contributed by atoms with van der Waals surface area (Å²) in [5.41, 5.74) is 14.0. The number of hydrogen-bond acceptors (Lipinski definition) is 2. The molecule has 0 fully saturated rings. The molecule has 0 aliphatic rings. The molecule has 0 saturated carbocycles. The molecule has 1 rings (SSSR count). The van der Waals surface area contributed by atoms with Crippen LogP contribution in [0.3, 0.4) is 0 Å². The van der Waals surface area contributed by atoms with E-state index in [1.165, 1.54) is 0 Å². The van der Waals surface area contributed by atoms with Crippen molar-refractivity contribution >= 4 is 11.4 Å². The van der Waals surface area contributed by atoms with E-state index < -0.39 is 0 Å². The smallest absolute Gasteiger partial charge is 0.0580 e. The second-order valence-electron chi connectivity index (χ2n) is 2.67. The summed E-state index contributed by atoms with van der Waals surface area (Å²) in [5.74, 6) is 0. The molecule has 1 aromatic rings. The number of rotatable bonds is 2. The molecule has 0 atom stereocenters. The molecule has 0 heterocycles. The molecule has 60 valence electrons. The van der Waals surface area contributed by atoms with Gasteiger partial charge in [-0.2, -0.15) is 0 Å². The summed E-state index contributed by atoms with van der Waals surface area (Å²) >= 11 is 0. The van der Waals surface area contributed by atoms with Gasteiger partial charge in [0, 0.05) is 0 Å². The molecule has 2 heteroatoms. The maximum atomic E-state index is 5.74. The minimum Gasteiger partial charge on any atom is -0.397 e. The van der Waals surface area contributed by atoms with Crippen LogP contribution in [0, 0.1) is 0 Å². The molecular formula is C9H14N2. The molecule has 0 aliphatic heterocycles. The Hall–Kier alpha value is -1.18. The minimum atomic E-state index is 0.691. The molecule has 11 heavy (non-hydrogen) atoms. The van der Waals surface area contributed by atoms with E-state index in [-0.39, 0.29) is 0 Å². The Morgan fingerprint density at radius 2 is 2.00 bits per heavy atom. The first kappa shape index (κ1) is 7.92. The number of anilines is 2. The monoisotopic (exact) mass is 150 g/mol. The number of aryl methyl sites for hydroxylation is 1. The summed E-state index contributed by atoms with van der Waals surface area (Å²) in [6.45, 7) is 2.13. The summed E-state index contributed by atoms with van der Waals surface area (Å²) in [5, 5.41) is 0. The van der Waals surface area contributed by atoms with Crippen LogP contribution < -0.4 is 11.5 Å². The highest BCUT2D eigenvalue weighted by atomic mass is 14.7. The third-order valence-corrected chi connectivity index (χ3v) is 1.75. The van der Waals surface area contributed by atoms with Crippen LogP contribution >= 0.6 is 0 Å². The van der Waals surface area contributed by atoms with Crippen molar-refractivity contribution in [1.82, 2.24) is 0 Å². The first-order chi connectivity index (χ1) is 5.25. The van der Waals surface area contributed by atoms with Crippen LogP contribution in [0.25, 0.3) is 0 Å². The van der Waals surface area contributed by atoms with E-state index >= 15 is 0 Å². The third kappa shape index (κ3) is 1.64. The zero-order chi connectivity index (χ0) is 8.27. The van der Waals surface area contributed by atoms with E-state index in [2.05, 4.69) is 6.92 Å². The molecule has 0 bridgehead atoms. The van der Waals surface area contributed by atoms with Crippen molar-refractivity contribution < 1.29 is 0 Å². The van der Waals surface area contributed by atoms with Crippen molar-refractivity contribution in [1.29, 1.82) is 0 Å². The lowest BCUT2D eigenvalue weighted by atomic mass is 10.1. The van der Waals surface area contributed by atoms with Gasteiger partial charge in [-0.1, -0.05) is 25.5 Å². The van der Waals surface area contributed by atoms with Gasteiger partial charge in [0.05, 0.1) is 11.4 Å². The molecule has 2 nitrogen and oxygen atoms in total. The van der Waals surface area contributed by atoms with Gasteiger partial charge in [0.25, 0.3) is 0 Å². The first-order valence-corrected chi connectivity index (χ1v) is 3.88. The molecule has 0 aliphatic carbocycles. The molecule has 4 N–H and O–H groups in total. The zero-order valence-corrected chi connectivity index (χ0v) is 6.80. The van der Waals surface area contributed by atoms with Gasteiger partial charge in [0.2, 0.25) is 0 Å². The maximum Gasteiger partial charge on any atom is 0.0580 e. The van der Waals surface area contributed by atoms with Crippen LogP contribution in [0.15, 0.2) is 18.2 Å². The average molecular weight is 150 g/mol. The predicted octanol–water partition coefficient (Wildman–Crippen LogP) is 1.80. The highest BCUT2D eigenvalue weighted by Gasteiger charge is 1.99. The van der Waals surface area contributed by atoms with Gasteiger partial charge >= 0.3 is 0 Å². The average Bonchev–Trinajstić information content (AvgIpc) is 1.99. The lowest BCUT2D eigenvalue weighted by molar-refractivity contribution is 0.925. The van der Waals surface area contributed by atoms with Crippen LogP contribution in [0.5, 0.6) is 0 Å². The quantitative estimate of drug-likeness (QED) is 0.631. The van der Waals surface area contributed by atoms with Crippen LogP contribution in [0.4, 0.5) is 11.4 Å². The SMILES string of the molecule is CCCc1cccc(N)c1N. The molecule has 1 aromatic carbocycles. The number of para-hydroxylation sites is 1. The molecule has 0 aromatic heterocycles. The molecule has 0 unspecified atom stereocenters. The predicted molar refractivity (Wildman–Crippen MR) is 49.3 cm³/mol. The third-order valence-electron chi connectivity index (χ3n) is 1.75. The lowest BCUT2D eigenvalue weighted by Crippen LogP contribution is -1.98. The summed E-state index contributed by atoms with van der Waals surface area (Å²) < 4.78 is 0. The van der Waals surface area contributed by atoms with E-state index in [0.717, 1.165) is 24.1 Å². The van der Waals surface area contributed by atoms with E-state index in [1.54, 1.807) is 0 Å². The highest BCUT2D eigenvalue weighted by molar-refractivity contribution is 5.67. The van der Waals surface area contributed by atoms with Gasteiger partial charge in [0.1, 0.15) is 0 Å². The summed E-state index contributed by atoms with van der Waals surface area (Å²) in [7, 11) is 0. The summed E-state index contributed by atoms with van der Waals surface area (Å²) in [6.07, 6.45) is 2.12. The summed E-state index contributed by atoms with van der Waals surface area (Å²) in [6, 6.07) is 5.79. The van der Waals surface area contributed by atoms with Crippen molar-refractivity contribution in [3.63, 3.8) is 0 Å². The second kappa shape index (κ2) is 3.28. The van der Waals surface area contributed by atoms with E-state index in [1.807, 2.05) is 18.2 Å². The number of hydrogen-bond donors (Lipinski definition) is 2. The highest BCUT2D eigenvalue weighted by Crippen LogP contribution is 2.20. The van der Waals surface area contributed by atoms with Crippen molar-refractivity contribution in [3.8, 4) is 0 Å². The maximum absolute atomic E-state index is 5.74. The lowest BCUT2D eigenvalue weighted by Gasteiger charge is -2.05. The first-order valence-electron chi connectivity index (χ1n) is 3.88. The Balaban J connectivity index is 2.96. The molecule has 0 spiro atoms. The molecule has 0 saturated heterocycles. The van der Waals surface area contributed by atoms with Crippen LogP contribution in [0.1, 0.15) is 18.9 Å². The van der Waals surface area contributed by atoms with Crippen LogP contribution in [-0.2, 0) is 6.42 Å². The molecule has 0 amide bonds. The van der Waals surface area contributed by atoms with Crippen LogP contribution in [-0.4, -0.2) is 0 Å². The van der Waals surface area contributed by atoms with E-state index in [4.69, 9.17) is 11.5 Å². The Morgan fingerprint density at radius 3 is 2.64 bits per heavy atom. The Kier molecular flexibility index (Phi) is 2.36. The topological polar surface area (TPSA) is 52.0 Å². The van der Waals surface area contributed by atoms with Gasteiger partial charge in [-0.15, -0.1) is 0 Å². The minimum absolute atomic E-state index is 0.691. The van der Waals surface area contributed by atoms with Crippen molar-refractivity contribution in [3.05, 3.63) is 23.8 Å². The van der Waals surface area contributed by atoms with E-state index in [0.29, 0.717) is 5.69 Å². The van der Waals surface area contributed by atoms with Gasteiger partial charge in [-0.05, 0) is 18.1 Å². The summed E-state index contributed by atoms with van der Waals surface area (Å²) in [4.78, 5) is 0. The van der Waals surface area contributed by atoms with Crippen molar-refractivity contribution in [2.45, 2.75) is 19.8 Å². The number of benzene rings is 1. The van der Waals surface area contributed by atoms with Crippen molar-refractivity contribution in [2.24, 2.45) is 0 Å². The fourth-order valence-corrected chi connectivity index (χ4v) is 1.12. The molecule has 0 radical (unpaired) electrons. The van der Waals surface area contributed by atoms with Gasteiger partial charge in [-0.3, -0.25) is 0 Å². The van der Waals surface area contributed by atoms with E-state index in [9.17, 15) is 0 Å². The van der Waals surface area contributed by atoms with Gasteiger partial charge in [-0.25, -0.2) is 0 Å². The Bertz CT molecular complexity index is 243. The Morgan fingerprint density at radius 1 is 1.27 bits per heavy atom. The van der Waals surface area contributed by atoms with Gasteiger partial charge in [0.15, 0.2) is 0 Å². The standard InChI is InChI=1S/C9H14N2/c1-2-4-7-5-3-6-8(10)9(7)11/h3,5-6H,2,4,10-11H2,1H3. The number of nitrogen functional groups attached to an aromatic ring is 2. The largest absolute Gasteiger partial charge is 0.397 e. The Labute approximate surface area is 67.2 Å². The fraction of sp³-hybridized carbons (Fsp3) is 0.333. The normalized spacial score (nSPS) is 9.91. The van der Waals surface area contributed by atoms with Crippen molar-refractivity contribution in [2.75, 3.05) is 11.5 Å². The van der Waals surface area contributed by atoms with Crippen LogP contribution in [0.2, 0.25) is 0 Å². The number of nitrogens with two attached hydrogens (primary N) is 2. The molecular weight excluding hydrogens is 136 g/mol.